The Morgan fingerprint density at radius 1 is 1.80 bits per heavy atom. The molecule has 10 heavy (non-hydrogen) atoms. The van der Waals surface area contributed by atoms with E-state index in [1.54, 1.807) is 0 Å². The van der Waals surface area contributed by atoms with Crippen molar-refractivity contribution in [3.05, 3.63) is 0 Å². The molecule has 4 N–H and O–H groups in total. The summed E-state index contributed by atoms with van der Waals surface area (Å²) in [5.74, 6) is 4.50. The van der Waals surface area contributed by atoms with Gasteiger partial charge in [0.2, 0.25) is 0 Å². The molecule has 0 saturated carbocycles. The Hall–Kier alpha value is -0.880. The SMILES string of the molecule is COC(=O)CNC(=S)NN. The zero-order valence-corrected chi connectivity index (χ0v) is 6.33. The fraction of sp³-hybridized carbons (Fsp3) is 0.500. The largest absolute Gasteiger partial charge is 0.468 e. The lowest BCUT2D eigenvalue weighted by Crippen LogP contribution is -2.42. The molecule has 0 spiro atoms. The van der Waals surface area contributed by atoms with Crippen molar-refractivity contribution in [2.24, 2.45) is 5.84 Å². The first-order chi connectivity index (χ1) is 4.70. The van der Waals surface area contributed by atoms with Crippen LogP contribution in [0.2, 0.25) is 0 Å². The van der Waals surface area contributed by atoms with Gasteiger partial charge >= 0.3 is 5.97 Å². The number of carbonyl (C=O) groups is 1. The number of hydrogen-bond acceptors (Lipinski definition) is 4. The molecule has 0 aromatic carbocycles. The van der Waals surface area contributed by atoms with Crippen LogP contribution in [0, 0.1) is 0 Å². The Bertz CT molecular complexity index is 122. The fourth-order valence-electron chi connectivity index (χ4n) is 0.276. The van der Waals surface area contributed by atoms with Crippen LogP contribution < -0.4 is 16.6 Å². The number of hydrazine groups is 1. The zero-order chi connectivity index (χ0) is 7.98. The molecule has 0 aromatic heterocycles. The Labute approximate surface area is 63.9 Å². The quantitative estimate of drug-likeness (QED) is 0.199. The summed E-state index contributed by atoms with van der Waals surface area (Å²) >= 11 is 4.57. The van der Waals surface area contributed by atoms with Crippen molar-refractivity contribution < 1.29 is 9.53 Å². The van der Waals surface area contributed by atoms with E-state index in [1.807, 2.05) is 0 Å². The lowest BCUT2D eigenvalue weighted by atomic mass is 10.6. The average Bonchev–Trinajstić information content (AvgIpc) is 1.99. The van der Waals surface area contributed by atoms with Gasteiger partial charge in [-0.1, -0.05) is 0 Å². The maximum atomic E-state index is 10.4. The number of hydrogen-bond donors (Lipinski definition) is 3. The highest BCUT2D eigenvalue weighted by atomic mass is 32.1. The molecule has 0 unspecified atom stereocenters. The van der Waals surface area contributed by atoms with Crippen LogP contribution in [0.5, 0.6) is 0 Å². The van der Waals surface area contributed by atoms with Crippen molar-refractivity contribution >= 4 is 23.3 Å². The predicted octanol–water partition coefficient (Wildman–Crippen LogP) is -1.50. The minimum atomic E-state index is -0.391. The molecule has 0 radical (unpaired) electrons. The molecule has 0 fully saturated rings. The molecule has 0 aromatic rings. The van der Waals surface area contributed by atoms with E-state index in [-0.39, 0.29) is 11.7 Å². The summed E-state index contributed by atoms with van der Waals surface area (Å²) in [5, 5.41) is 2.72. The van der Waals surface area contributed by atoms with Gasteiger partial charge in [0.25, 0.3) is 0 Å². The Balaban J connectivity index is 3.35. The van der Waals surface area contributed by atoms with Crippen molar-refractivity contribution in [2.75, 3.05) is 13.7 Å². The van der Waals surface area contributed by atoms with Crippen LogP contribution in [0.3, 0.4) is 0 Å². The fourth-order valence-corrected chi connectivity index (χ4v) is 0.348. The summed E-state index contributed by atoms with van der Waals surface area (Å²) in [7, 11) is 1.29. The summed E-state index contributed by atoms with van der Waals surface area (Å²) in [6.07, 6.45) is 0. The van der Waals surface area contributed by atoms with Gasteiger partial charge in [-0.05, 0) is 12.2 Å². The van der Waals surface area contributed by atoms with Gasteiger partial charge in [0.05, 0.1) is 7.11 Å². The number of carbonyl (C=O) groups excluding carboxylic acids is 1. The van der Waals surface area contributed by atoms with Gasteiger partial charge in [0, 0.05) is 0 Å². The Kier molecular flexibility index (Phi) is 4.51. The van der Waals surface area contributed by atoms with Gasteiger partial charge in [-0.15, -0.1) is 0 Å². The second-order valence-corrected chi connectivity index (χ2v) is 1.81. The number of esters is 1. The van der Waals surface area contributed by atoms with Gasteiger partial charge in [-0.25, -0.2) is 5.84 Å². The molecular formula is C4H9N3O2S. The van der Waals surface area contributed by atoms with Crippen LogP contribution in [0.25, 0.3) is 0 Å². The van der Waals surface area contributed by atoms with E-state index in [2.05, 4.69) is 27.7 Å². The lowest BCUT2D eigenvalue weighted by molar-refractivity contribution is -0.139. The molecule has 6 heteroatoms. The summed E-state index contributed by atoms with van der Waals surface area (Å²) < 4.78 is 4.32. The van der Waals surface area contributed by atoms with E-state index in [0.717, 1.165) is 0 Å². The van der Waals surface area contributed by atoms with Crippen molar-refractivity contribution in [1.29, 1.82) is 0 Å². The van der Waals surface area contributed by atoms with Crippen LogP contribution in [-0.2, 0) is 9.53 Å². The number of nitrogens with two attached hydrogens (primary N) is 1. The van der Waals surface area contributed by atoms with E-state index in [1.165, 1.54) is 7.11 Å². The predicted molar refractivity (Wildman–Crippen MR) is 39.9 cm³/mol. The second-order valence-electron chi connectivity index (χ2n) is 1.40. The molecule has 0 amide bonds. The van der Waals surface area contributed by atoms with Gasteiger partial charge in [-0.2, -0.15) is 0 Å². The lowest BCUT2D eigenvalue weighted by Gasteiger charge is -2.03. The number of nitrogens with one attached hydrogen (secondary N) is 2. The molecular weight excluding hydrogens is 154 g/mol. The number of rotatable bonds is 2. The minimum absolute atomic E-state index is 0.0273. The third-order valence-corrected chi connectivity index (χ3v) is 1.01. The number of thiocarbonyl (C=S) groups is 1. The minimum Gasteiger partial charge on any atom is -0.468 e. The van der Waals surface area contributed by atoms with Crippen LogP contribution in [0.4, 0.5) is 0 Å². The summed E-state index contributed by atoms with van der Waals surface area (Å²) in [4.78, 5) is 10.4. The molecule has 0 rings (SSSR count). The first-order valence-electron chi connectivity index (χ1n) is 2.52. The third kappa shape index (κ3) is 4.04. The molecule has 0 heterocycles. The van der Waals surface area contributed by atoms with E-state index in [9.17, 15) is 4.79 Å². The standard InChI is InChI=1S/C4H9N3O2S/c1-9-3(8)2-6-4(10)7-5/h2,5H2,1H3,(H2,6,7,10). The van der Waals surface area contributed by atoms with E-state index in [4.69, 9.17) is 5.84 Å². The topological polar surface area (TPSA) is 76.4 Å². The van der Waals surface area contributed by atoms with Gasteiger partial charge in [0.1, 0.15) is 6.54 Å². The van der Waals surface area contributed by atoms with Crippen LogP contribution in [-0.4, -0.2) is 24.7 Å². The van der Waals surface area contributed by atoms with Gasteiger partial charge in [0.15, 0.2) is 5.11 Å². The number of methoxy groups -OCH3 is 1. The molecule has 0 atom stereocenters. The molecule has 58 valence electrons. The smallest absolute Gasteiger partial charge is 0.325 e. The average molecular weight is 163 g/mol. The zero-order valence-electron chi connectivity index (χ0n) is 5.51. The molecule has 5 nitrogen and oxygen atoms in total. The monoisotopic (exact) mass is 163 g/mol. The summed E-state index contributed by atoms with van der Waals surface area (Å²) in [5.41, 5.74) is 2.16. The van der Waals surface area contributed by atoms with Crippen LogP contribution in [0.1, 0.15) is 0 Å². The third-order valence-electron chi connectivity index (χ3n) is 0.752. The first kappa shape index (κ1) is 9.12. The Morgan fingerprint density at radius 3 is 2.80 bits per heavy atom. The maximum Gasteiger partial charge on any atom is 0.325 e. The maximum absolute atomic E-state index is 10.4. The highest BCUT2D eigenvalue weighted by Crippen LogP contribution is 1.69. The van der Waals surface area contributed by atoms with Crippen molar-refractivity contribution in [3.8, 4) is 0 Å². The molecule has 0 aliphatic carbocycles. The van der Waals surface area contributed by atoms with Gasteiger partial charge in [-0.3, -0.25) is 4.79 Å². The van der Waals surface area contributed by atoms with Crippen LogP contribution in [0.15, 0.2) is 0 Å². The van der Waals surface area contributed by atoms with Gasteiger partial charge < -0.3 is 15.5 Å². The summed E-state index contributed by atoms with van der Waals surface area (Å²) in [6.45, 7) is 0.0273. The highest BCUT2D eigenvalue weighted by Gasteiger charge is 1.98. The van der Waals surface area contributed by atoms with Crippen molar-refractivity contribution in [2.45, 2.75) is 0 Å². The van der Waals surface area contributed by atoms with Crippen molar-refractivity contribution in [3.63, 3.8) is 0 Å². The van der Waals surface area contributed by atoms with Crippen LogP contribution >= 0.6 is 12.2 Å². The molecule has 0 aliphatic heterocycles. The first-order valence-corrected chi connectivity index (χ1v) is 2.92. The molecule has 0 aliphatic rings. The summed E-state index contributed by atoms with van der Waals surface area (Å²) in [6, 6.07) is 0. The van der Waals surface area contributed by atoms with E-state index < -0.39 is 5.97 Å². The highest BCUT2D eigenvalue weighted by molar-refractivity contribution is 7.80. The van der Waals surface area contributed by atoms with E-state index in [0.29, 0.717) is 0 Å². The number of ether oxygens (including phenoxy) is 1. The molecule has 0 saturated heterocycles. The van der Waals surface area contributed by atoms with Crippen molar-refractivity contribution in [1.82, 2.24) is 10.7 Å². The van der Waals surface area contributed by atoms with E-state index >= 15 is 0 Å². The normalized spacial score (nSPS) is 8.20. The second kappa shape index (κ2) is 4.95. The molecule has 0 bridgehead atoms. The Morgan fingerprint density at radius 2 is 2.40 bits per heavy atom.